The normalized spacial score (nSPS) is 11.4. The van der Waals surface area contributed by atoms with E-state index in [2.05, 4.69) is 0 Å². The molecule has 1 N–H and O–H groups in total. The molecule has 0 aromatic heterocycles. The average molecular weight is 180 g/mol. The van der Waals surface area contributed by atoms with E-state index in [1.165, 1.54) is 0 Å². The van der Waals surface area contributed by atoms with Crippen LogP contribution in [0.3, 0.4) is 0 Å². The third-order valence-corrected chi connectivity index (χ3v) is 1.60. The van der Waals surface area contributed by atoms with E-state index in [1.807, 2.05) is 33.8 Å². The fourth-order valence-electron chi connectivity index (χ4n) is 1.08. The van der Waals surface area contributed by atoms with E-state index in [-0.39, 0.29) is 11.4 Å². The minimum Gasteiger partial charge on any atom is -0.504 e. The second-order valence-electron chi connectivity index (χ2n) is 4.14. The number of hydrogen-bond donors (Lipinski definition) is 1. The fraction of sp³-hybridized carbons (Fsp3) is 0.455. The molecule has 0 fully saturated rings. The highest BCUT2D eigenvalue weighted by Gasteiger charge is 2.15. The van der Waals surface area contributed by atoms with Crippen molar-refractivity contribution in [3.8, 4) is 11.5 Å². The zero-order valence-corrected chi connectivity index (χ0v) is 8.59. The molecule has 0 radical (unpaired) electrons. The second kappa shape index (κ2) is 3.29. The molecule has 0 saturated heterocycles. The van der Waals surface area contributed by atoms with Crippen molar-refractivity contribution in [2.24, 2.45) is 0 Å². The van der Waals surface area contributed by atoms with Gasteiger partial charge in [-0.2, -0.15) is 0 Å². The Labute approximate surface area is 79.2 Å². The van der Waals surface area contributed by atoms with Gasteiger partial charge in [-0.05, 0) is 39.3 Å². The number of aryl methyl sites for hydroxylation is 1. The lowest BCUT2D eigenvalue weighted by Gasteiger charge is -2.23. The molecule has 1 aromatic carbocycles. The lowest BCUT2D eigenvalue weighted by Crippen LogP contribution is -2.23. The minimum absolute atomic E-state index is 0.204. The zero-order chi connectivity index (χ0) is 10.1. The van der Waals surface area contributed by atoms with Crippen LogP contribution in [0.25, 0.3) is 0 Å². The number of phenols is 1. The van der Waals surface area contributed by atoms with Gasteiger partial charge in [0.2, 0.25) is 0 Å². The first-order valence-electron chi connectivity index (χ1n) is 4.38. The summed E-state index contributed by atoms with van der Waals surface area (Å²) < 4.78 is 5.61. The molecule has 0 saturated carbocycles. The molecule has 0 heterocycles. The van der Waals surface area contributed by atoms with E-state index in [0.717, 1.165) is 5.56 Å². The van der Waals surface area contributed by atoms with Gasteiger partial charge in [0, 0.05) is 0 Å². The smallest absolute Gasteiger partial charge is 0.164 e. The largest absolute Gasteiger partial charge is 0.504 e. The Kier molecular flexibility index (Phi) is 2.50. The van der Waals surface area contributed by atoms with Crippen LogP contribution in [0.15, 0.2) is 18.2 Å². The van der Waals surface area contributed by atoms with Crippen molar-refractivity contribution in [2.45, 2.75) is 33.3 Å². The number of para-hydroxylation sites is 1. The first-order chi connectivity index (χ1) is 5.90. The third kappa shape index (κ3) is 2.65. The number of rotatable bonds is 1. The lowest BCUT2D eigenvalue weighted by atomic mass is 10.1. The maximum Gasteiger partial charge on any atom is 0.164 e. The predicted molar refractivity (Wildman–Crippen MR) is 53.2 cm³/mol. The summed E-state index contributed by atoms with van der Waals surface area (Å²) in [5.41, 5.74) is 0.679. The van der Waals surface area contributed by atoms with E-state index < -0.39 is 0 Å². The lowest BCUT2D eigenvalue weighted by molar-refractivity contribution is 0.125. The number of aromatic hydroxyl groups is 1. The van der Waals surface area contributed by atoms with Crippen molar-refractivity contribution in [1.29, 1.82) is 0 Å². The summed E-state index contributed by atoms with van der Waals surface area (Å²) in [4.78, 5) is 0. The maximum atomic E-state index is 9.53. The quantitative estimate of drug-likeness (QED) is 0.720. The van der Waals surface area contributed by atoms with Crippen LogP contribution in [0.4, 0.5) is 0 Å². The number of phenolic OH excluding ortho intramolecular Hbond substituents is 1. The van der Waals surface area contributed by atoms with Gasteiger partial charge in [-0.15, -0.1) is 0 Å². The predicted octanol–water partition coefficient (Wildman–Crippen LogP) is 2.88. The van der Waals surface area contributed by atoms with Crippen molar-refractivity contribution in [1.82, 2.24) is 0 Å². The van der Waals surface area contributed by atoms with Gasteiger partial charge in [0.15, 0.2) is 11.5 Å². The van der Waals surface area contributed by atoms with Gasteiger partial charge in [0.05, 0.1) is 0 Å². The molecule has 0 spiro atoms. The Morgan fingerprint density at radius 1 is 1.23 bits per heavy atom. The molecule has 0 aliphatic rings. The Morgan fingerprint density at radius 3 is 2.31 bits per heavy atom. The van der Waals surface area contributed by atoms with Crippen LogP contribution in [0.1, 0.15) is 26.3 Å². The maximum absolute atomic E-state index is 9.53. The monoisotopic (exact) mass is 180 g/mol. The Morgan fingerprint density at radius 2 is 1.85 bits per heavy atom. The zero-order valence-electron chi connectivity index (χ0n) is 8.59. The summed E-state index contributed by atoms with van der Waals surface area (Å²) >= 11 is 0. The van der Waals surface area contributed by atoms with Gasteiger partial charge in [-0.25, -0.2) is 0 Å². The van der Waals surface area contributed by atoms with E-state index in [1.54, 1.807) is 12.1 Å². The number of benzene rings is 1. The molecule has 2 heteroatoms. The topological polar surface area (TPSA) is 29.5 Å². The summed E-state index contributed by atoms with van der Waals surface area (Å²) in [6.45, 7) is 7.79. The molecular weight excluding hydrogens is 164 g/mol. The molecule has 13 heavy (non-hydrogen) atoms. The number of hydrogen-bond acceptors (Lipinski definition) is 2. The van der Waals surface area contributed by atoms with E-state index in [0.29, 0.717) is 5.75 Å². The molecule has 0 unspecified atom stereocenters. The summed E-state index contributed by atoms with van der Waals surface area (Å²) in [5.74, 6) is 0.782. The second-order valence-corrected chi connectivity index (χ2v) is 4.14. The van der Waals surface area contributed by atoms with Crippen molar-refractivity contribution < 1.29 is 9.84 Å². The fourth-order valence-corrected chi connectivity index (χ4v) is 1.08. The van der Waals surface area contributed by atoms with Gasteiger partial charge in [-0.1, -0.05) is 12.1 Å². The van der Waals surface area contributed by atoms with Gasteiger partial charge < -0.3 is 9.84 Å². The van der Waals surface area contributed by atoms with Crippen molar-refractivity contribution in [3.05, 3.63) is 23.8 Å². The van der Waals surface area contributed by atoms with Crippen molar-refractivity contribution in [2.75, 3.05) is 0 Å². The van der Waals surface area contributed by atoms with Crippen LogP contribution in [-0.2, 0) is 0 Å². The molecule has 0 bridgehead atoms. The minimum atomic E-state index is -0.274. The summed E-state index contributed by atoms with van der Waals surface area (Å²) in [6.07, 6.45) is 0. The summed E-state index contributed by atoms with van der Waals surface area (Å²) in [6, 6.07) is 5.36. The average Bonchev–Trinajstić information content (AvgIpc) is 1.95. The van der Waals surface area contributed by atoms with E-state index in [4.69, 9.17) is 4.74 Å². The van der Waals surface area contributed by atoms with Crippen LogP contribution in [0, 0.1) is 6.92 Å². The van der Waals surface area contributed by atoms with E-state index in [9.17, 15) is 5.11 Å². The highest BCUT2D eigenvalue weighted by Crippen LogP contribution is 2.32. The molecule has 72 valence electrons. The molecule has 0 amide bonds. The van der Waals surface area contributed by atoms with Crippen molar-refractivity contribution in [3.63, 3.8) is 0 Å². The summed E-state index contributed by atoms with van der Waals surface area (Å²) in [5, 5.41) is 9.53. The van der Waals surface area contributed by atoms with Crippen LogP contribution >= 0.6 is 0 Å². The van der Waals surface area contributed by atoms with Crippen LogP contribution in [0.2, 0.25) is 0 Å². The van der Waals surface area contributed by atoms with E-state index >= 15 is 0 Å². The SMILES string of the molecule is Cc1cccc(O)c1OC(C)(C)C. The van der Waals surface area contributed by atoms with Crippen LogP contribution in [-0.4, -0.2) is 10.7 Å². The molecular formula is C11H16O2. The highest BCUT2D eigenvalue weighted by molar-refractivity contribution is 5.45. The molecule has 0 aliphatic heterocycles. The molecule has 0 aliphatic carbocycles. The third-order valence-electron chi connectivity index (χ3n) is 1.60. The highest BCUT2D eigenvalue weighted by atomic mass is 16.5. The van der Waals surface area contributed by atoms with Gasteiger partial charge in [-0.3, -0.25) is 0 Å². The first-order valence-corrected chi connectivity index (χ1v) is 4.38. The first kappa shape index (κ1) is 9.90. The van der Waals surface area contributed by atoms with Gasteiger partial charge in [0.1, 0.15) is 5.60 Å². The summed E-state index contributed by atoms with van der Waals surface area (Å²) in [7, 11) is 0. The van der Waals surface area contributed by atoms with Gasteiger partial charge in [0.25, 0.3) is 0 Å². The standard InChI is InChI=1S/C11H16O2/c1-8-6-5-7-9(12)10(8)13-11(2,3)4/h5-7,12H,1-4H3. The Hall–Kier alpha value is -1.18. The molecule has 2 nitrogen and oxygen atoms in total. The molecule has 1 rings (SSSR count). The van der Waals surface area contributed by atoms with Crippen LogP contribution in [0.5, 0.6) is 11.5 Å². The Balaban J connectivity index is 3.00. The Bertz CT molecular complexity index is 277. The molecule has 1 aromatic rings. The number of ether oxygens (including phenoxy) is 1. The van der Waals surface area contributed by atoms with Gasteiger partial charge >= 0.3 is 0 Å². The molecule has 0 atom stereocenters. The van der Waals surface area contributed by atoms with Crippen molar-refractivity contribution >= 4 is 0 Å². The van der Waals surface area contributed by atoms with Crippen LogP contribution < -0.4 is 4.74 Å².